The molecule has 94 valence electrons. The second kappa shape index (κ2) is 4.56. The van der Waals surface area contributed by atoms with E-state index in [9.17, 15) is 4.39 Å². The lowest BCUT2D eigenvalue weighted by atomic mass is 9.97. The zero-order valence-electron chi connectivity index (χ0n) is 10.0. The Hall–Kier alpha value is -2.06. The molecule has 3 rings (SSSR count). The Bertz CT molecular complexity index is 763. The summed E-state index contributed by atoms with van der Waals surface area (Å²) in [5, 5.41) is 2.35. The maximum absolute atomic E-state index is 13.6. The van der Waals surface area contributed by atoms with Gasteiger partial charge in [0.25, 0.3) is 0 Å². The molecule has 0 saturated heterocycles. The van der Waals surface area contributed by atoms with E-state index in [2.05, 4.69) is 0 Å². The summed E-state index contributed by atoms with van der Waals surface area (Å²) in [5.41, 5.74) is 7.89. The standard InChI is InChI=1S/C16H11ClFN/c17-15-9-11(18)8-14(16(15)19)13-7-3-5-10-4-1-2-6-12(10)13/h1-9H,19H2. The minimum atomic E-state index is -0.387. The monoisotopic (exact) mass is 271 g/mol. The van der Waals surface area contributed by atoms with Gasteiger partial charge in [0, 0.05) is 5.56 Å². The topological polar surface area (TPSA) is 26.0 Å². The van der Waals surface area contributed by atoms with E-state index in [1.165, 1.54) is 12.1 Å². The van der Waals surface area contributed by atoms with Crippen LogP contribution in [0.2, 0.25) is 5.02 Å². The van der Waals surface area contributed by atoms with Gasteiger partial charge in [-0.2, -0.15) is 0 Å². The third kappa shape index (κ3) is 2.04. The highest BCUT2D eigenvalue weighted by Crippen LogP contribution is 2.36. The molecule has 0 saturated carbocycles. The Labute approximate surface area is 115 Å². The molecular weight excluding hydrogens is 261 g/mol. The van der Waals surface area contributed by atoms with Gasteiger partial charge in [0.2, 0.25) is 0 Å². The SMILES string of the molecule is Nc1c(Cl)cc(F)cc1-c1cccc2ccccc12. The van der Waals surface area contributed by atoms with E-state index in [0.717, 1.165) is 16.3 Å². The molecule has 0 bridgehead atoms. The molecule has 0 radical (unpaired) electrons. The zero-order valence-corrected chi connectivity index (χ0v) is 10.8. The molecule has 0 aliphatic carbocycles. The summed E-state index contributed by atoms with van der Waals surface area (Å²) in [4.78, 5) is 0. The van der Waals surface area contributed by atoms with Crippen molar-refractivity contribution in [2.45, 2.75) is 0 Å². The lowest BCUT2D eigenvalue weighted by Crippen LogP contribution is -1.93. The van der Waals surface area contributed by atoms with Crippen LogP contribution in [0.5, 0.6) is 0 Å². The van der Waals surface area contributed by atoms with Crippen LogP contribution < -0.4 is 5.73 Å². The second-order valence-electron chi connectivity index (χ2n) is 4.38. The van der Waals surface area contributed by atoms with E-state index in [1.807, 2.05) is 42.5 Å². The summed E-state index contributed by atoms with van der Waals surface area (Å²) < 4.78 is 13.6. The van der Waals surface area contributed by atoms with Gasteiger partial charge in [0.1, 0.15) is 5.82 Å². The highest BCUT2D eigenvalue weighted by Gasteiger charge is 2.11. The highest BCUT2D eigenvalue weighted by atomic mass is 35.5. The molecule has 0 unspecified atom stereocenters. The summed E-state index contributed by atoms with van der Waals surface area (Å²) >= 11 is 5.96. The minimum absolute atomic E-state index is 0.239. The molecule has 3 aromatic rings. The molecule has 0 atom stereocenters. The Morgan fingerprint density at radius 2 is 1.63 bits per heavy atom. The van der Waals surface area contributed by atoms with Crippen molar-refractivity contribution >= 4 is 28.1 Å². The Morgan fingerprint density at radius 1 is 0.895 bits per heavy atom. The number of nitrogen functional groups attached to an aromatic ring is 1. The molecule has 0 aromatic heterocycles. The summed E-state index contributed by atoms with van der Waals surface area (Å²) in [5.74, 6) is -0.387. The third-order valence-corrected chi connectivity index (χ3v) is 3.49. The lowest BCUT2D eigenvalue weighted by Gasteiger charge is -2.11. The first kappa shape index (κ1) is 12.0. The van der Waals surface area contributed by atoms with Crippen molar-refractivity contribution in [3.63, 3.8) is 0 Å². The van der Waals surface area contributed by atoms with E-state index in [1.54, 1.807) is 0 Å². The number of hydrogen-bond donors (Lipinski definition) is 1. The van der Waals surface area contributed by atoms with Crippen molar-refractivity contribution in [2.75, 3.05) is 5.73 Å². The average molecular weight is 272 g/mol. The van der Waals surface area contributed by atoms with Gasteiger partial charge in [-0.05, 0) is 28.5 Å². The van der Waals surface area contributed by atoms with Crippen molar-refractivity contribution in [1.82, 2.24) is 0 Å². The van der Waals surface area contributed by atoms with Crippen LogP contribution in [0.3, 0.4) is 0 Å². The molecule has 3 aromatic carbocycles. The fourth-order valence-electron chi connectivity index (χ4n) is 2.27. The van der Waals surface area contributed by atoms with Crippen LogP contribution in [-0.4, -0.2) is 0 Å². The maximum atomic E-state index is 13.6. The van der Waals surface area contributed by atoms with Gasteiger partial charge in [0.05, 0.1) is 10.7 Å². The van der Waals surface area contributed by atoms with Gasteiger partial charge in [0.15, 0.2) is 0 Å². The predicted octanol–water partition coefficient (Wildman–Crippen LogP) is 4.88. The zero-order chi connectivity index (χ0) is 13.4. The van der Waals surface area contributed by atoms with Crippen molar-refractivity contribution in [1.29, 1.82) is 0 Å². The van der Waals surface area contributed by atoms with Crippen LogP contribution in [0, 0.1) is 5.82 Å². The van der Waals surface area contributed by atoms with E-state index < -0.39 is 0 Å². The van der Waals surface area contributed by atoms with Crippen LogP contribution in [0.15, 0.2) is 54.6 Å². The molecule has 2 N–H and O–H groups in total. The molecular formula is C16H11ClFN. The van der Waals surface area contributed by atoms with Gasteiger partial charge < -0.3 is 5.73 Å². The normalized spacial score (nSPS) is 10.8. The van der Waals surface area contributed by atoms with E-state index >= 15 is 0 Å². The van der Waals surface area contributed by atoms with Crippen LogP contribution in [0.25, 0.3) is 21.9 Å². The highest BCUT2D eigenvalue weighted by molar-refractivity contribution is 6.33. The molecule has 0 amide bonds. The van der Waals surface area contributed by atoms with Gasteiger partial charge in [-0.1, -0.05) is 54.1 Å². The summed E-state index contributed by atoms with van der Waals surface area (Å²) in [7, 11) is 0. The van der Waals surface area contributed by atoms with Gasteiger partial charge in [-0.25, -0.2) is 4.39 Å². The summed E-state index contributed by atoms with van der Waals surface area (Å²) in [6, 6.07) is 16.4. The molecule has 19 heavy (non-hydrogen) atoms. The molecule has 1 nitrogen and oxygen atoms in total. The Kier molecular flexibility index (Phi) is 2.88. The number of fused-ring (bicyclic) bond motifs is 1. The van der Waals surface area contributed by atoms with Crippen LogP contribution in [0.1, 0.15) is 0 Å². The van der Waals surface area contributed by atoms with Gasteiger partial charge >= 0.3 is 0 Å². The molecule has 0 aliphatic heterocycles. The minimum Gasteiger partial charge on any atom is -0.397 e. The summed E-state index contributed by atoms with van der Waals surface area (Å²) in [6.07, 6.45) is 0. The molecule has 3 heteroatoms. The van der Waals surface area contributed by atoms with Crippen molar-refractivity contribution in [2.24, 2.45) is 0 Å². The van der Waals surface area contributed by atoms with Crippen LogP contribution in [-0.2, 0) is 0 Å². The van der Waals surface area contributed by atoms with Crippen molar-refractivity contribution in [3.8, 4) is 11.1 Å². The molecule has 0 aliphatic rings. The number of nitrogens with two attached hydrogens (primary N) is 1. The number of hydrogen-bond acceptors (Lipinski definition) is 1. The second-order valence-corrected chi connectivity index (χ2v) is 4.78. The fraction of sp³-hybridized carbons (Fsp3) is 0. The Balaban J connectivity index is 2.37. The molecule has 0 heterocycles. The van der Waals surface area contributed by atoms with E-state index in [-0.39, 0.29) is 10.8 Å². The van der Waals surface area contributed by atoms with Crippen LogP contribution in [0.4, 0.5) is 10.1 Å². The number of rotatable bonds is 1. The third-order valence-electron chi connectivity index (χ3n) is 3.17. The van der Waals surface area contributed by atoms with Gasteiger partial charge in [-0.15, -0.1) is 0 Å². The van der Waals surface area contributed by atoms with E-state index in [4.69, 9.17) is 17.3 Å². The lowest BCUT2D eigenvalue weighted by molar-refractivity contribution is 0.628. The first-order valence-electron chi connectivity index (χ1n) is 5.89. The Morgan fingerprint density at radius 3 is 2.47 bits per heavy atom. The fourth-order valence-corrected chi connectivity index (χ4v) is 2.47. The van der Waals surface area contributed by atoms with Crippen molar-refractivity contribution in [3.05, 3.63) is 65.4 Å². The van der Waals surface area contributed by atoms with Crippen molar-refractivity contribution < 1.29 is 4.39 Å². The van der Waals surface area contributed by atoms with E-state index in [0.29, 0.717) is 11.3 Å². The smallest absolute Gasteiger partial charge is 0.125 e. The predicted molar refractivity (Wildman–Crippen MR) is 78.8 cm³/mol. The number of halogens is 2. The average Bonchev–Trinajstić information content (AvgIpc) is 2.42. The van der Waals surface area contributed by atoms with Crippen LogP contribution >= 0.6 is 11.6 Å². The molecule has 0 fully saturated rings. The first-order valence-corrected chi connectivity index (χ1v) is 6.27. The van der Waals surface area contributed by atoms with Gasteiger partial charge in [-0.3, -0.25) is 0 Å². The number of benzene rings is 3. The quantitative estimate of drug-likeness (QED) is 0.627. The maximum Gasteiger partial charge on any atom is 0.125 e. The summed E-state index contributed by atoms with van der Waals surface area (Å²) in [6.45, 7) is 0. The molecule has 0 spiro atoms. The number of anilines is 1. The largest absolute Gasteiger partial charge is 0.397 e. The first-order chi connectivity index (χ1) is 9.16.